The third kappa shape index (κ3) is 2.29. The Morgan fingerprint density at radius 1 is 1.44 bits per heavy atom. The quantitative estimate of drug-likeness (QED) is 0.838. The van der Waals surface area contributed by atoms with Gasteiger partial charge in [0, 0.05) is 19.9 Å². The number of nitrogens with two attached hydrogens (primary N) is 1. The molecule has 104 valence electrons. The van der Waals surface area contributed by atoms with Crippen molar-refractivity contribution in [2.75, 3.05) is 13.7 Å². The van der Waals surface area contributed by atoms with Crippen molar-refractivity contribution in [3.05, 3.63) is 11.9 Å². The molecule has 0 aromatic carbocycles. The summed E-state index contributed by atoms with van der Waals surface area (Å²) in [5.74, 6) is 0. The standard InChI is InChI=1S/C11H18F3N3O/c1-3-18-8-4-7(5-8)17-6-9(15)10(16(17)2)11(12,13)14/h6-8,10H,3-5,15H2,1-2H3. The predicted octanol–water partition coefficient (Wildman–Crippen LogP) is 1.45. The highest BCUT2D eigenvalue weighted by molar-refractivity contribution is 5.15. The van der Waals surface area contributed by atoms with Crippen LogP contribution in [-0.4, -0.2) is 48.0 Å². The summed E-state index contributed by atoms with van der Waals surface area (Å²) in [4.78, 5) is 0. The normalized spacial score (nSPS) is 33.5. The molecule has 1 aliphatic carbocycles. The zero-order valence-electron chi connectivity index (χ0n) is 10.4. The van der Waals surface area contributed by atoms with Crippen LogP contribution in [0.15, 0.2) is 11.9 Å². The summed E-state index contributed by atoms with van der Waals surface area (Å²) >= 11 is 0. The van der Waals surface area contributed by atoms with Crippen LogP contribution < -0.4 is 5.73 Å². The number of ether oxygens (including phenoxy) is 1. The second kappa shape index (κ2) is 4.62. The molecule has 1 heterocycles. The Kier molecular flexibility index (Phi) is 3.46. The first kappa shape index (κ1) is 13.5. The maximum atomic E-state index is 12.8. The van der Waals surface area contributed by atoms with Crippen LogP contribution in [0.3, 0.4) is 0 Å². The fourth-order valence-electron chi connectivity index (χ4n) is 2.55. The second-order valence-corrected chi connectivity index (χ2v) is 4.73. The first-order valence-electron chi connectivity index (χ1n) is 6.01. The number of hydrazine groups is 1. The van der Waals surface area contributed by atoms with E-state index in [-0.39, 0.29) is 17.8 Å². The van der Waals surface area contributed by atoms with E-state index in [0.29, 0.717) is 6.61 Å². The fraction of sp³-hybridized carbons (Fsp3) is 0.818. The van der Waals surface area contributed by atoms with Gasteiger partial charge in [-0.1, -0.05) is 0 Å². The minimum absolute atomic E-state index is 0.0532. The van der Waals surface area contributed by atoms with Crippen molar-refractivity contribution in [2.45, 2.75) is 44.1 Å². The van der Waals surface area contributed by atoms with E-state index in [9.17, 15) is 13.2 Å². The molecular formula is C11H18F3N3O. The Hall–Kier alpha value is -0.950. The largest absolute Gasteiger partial charge is 0.411 e. The Labute approximate surface area is 104 Å². The molecule has 1 atom stereocenters. The van der Waals surface area contributed by atoms with Crippen molar-refractivity contribution in [3.63, 3.8) is 0 Å². The molecule has 1 fully saturated rings. The van der Waals surface area contributed by atoms with Crippen LogP contribution in [0.5, 0.6) is 0 Å². The van der Waals surface area contributed by atoms with Gasteiger partial charge in [-0.2, -0.15) is 13.2 Å². The van der Waals surface area contributed by atoms with Gasteiger partial charge in [-0.25, -0.2) is 5.01 Å². The van der Waals surface area contributed by atoms with Gasteiger partial charge in [0.1, 0.15) is 0 Å². The molecule has 2 N–H and O–H groups in total. The van der Waals surface area contributed by atoms with Crippen LogP contribution in [0.1, 0.15) is 19.8 Å². The predicted molar refractivity (Wildman–Crippen MR) is 60.2 cm³/mol. The zero-order chi connectivity index (χ0) is 13.5. The van der Waals surface area contributed by atoms with Crippen LogP contribution in [0.4, 0.5) is 13.2 Å². The summed E-state index contributed by atoms with van der Waals surface area (Å²) in [5, 5.41) is 2.76. The summed E-state index contributed by atoms with van der Waals surface area (Å²) in [6.45, 7) is 2.54. The first-order chi connectivity index (χ1) is 8.34. The number of hydrogen-bond acceptors (Lipinski definition) is 4. The maximum Gasteiger partial charge on any atom is 0.411 e. The van der Waals surface area contributed by atoms with E-state index in [1.807, 2.05) is 6.92 Å². The van der Waals surface area contributed by atoms with Crippen molar-refractivity contribution in [1.82, 2.24) is 10.0 Å². The summed E-state index contributed by atoms with van der Waals surface area (Å²) < 4.78 is 43.8. The van der Waals surface area contributed by atoms with Crippen LogP contribution in [0.2, 0.25) is 0 Å². The molecule has 2 rings (SSSR count). The average molecular weight is 265 g/mol. The summed E-state index contributed by atoms with van der Waals surface area (Å²) in [6, 6.07) is -1.65. The minimum Gasteiger partial charge on any atom is -0.399 e. The van der Waals surface area contributed by atoms with Crippen molar-refractivity contribution in [2.24, 2.45) is 5.73 Å². The number of nitrogens with zero attached hydrogens (tertiary/aromatic N) is 2. The molecule has 0 radical (unpaired) electrons. The summed E-state index contributed by atoms with van der Waals surface area (Å²) in [6.07, 6.45) is -1.30. The molecule has 0 aromatic rings. The summed E-state index contributed by atoms with van der Waals surface area (Å²) in [7, 11) is 1.42. The second-order valence-electron chi connectivity index (χ2n) is 4.73. The molecule has 0 bridgehead atoms. The van der Waals surface area contributed by atoms with Crippen molar-refractivity contribution in [1.29, 1.82) is 0 Å². The fourth-order valence-corrected chi connectivity index (χ4v) is 2.55. The lowest BCUT2D eigenvalue weighted by molar-refractivity contribution is -0.200. The van der Waals surface area contributed by atoms with Gasteiger partial charge in [0.15, 0.2) is 6.04 Å². The molecule has 0 amide bonds. The Bertz CT molecular complexity index is 339. The first-order valence-corrected chi connectivity index (χ1v) is 6.01. The summed E-state index contributed by atoms with van der Waals surface area (Å²) in [5.41, 5.74) is 5.33. The van der Waals surface area contributed by atoms with Crippen molar-refractivity contribution in [3.8, 4) is 0 Å². The topological polar surface area (TPSA) is 41.7 Å². The zero-order valence-corrected chi connectivity index (χ0v) is 10.4. The third-order valence-corrected chi connectivity index (χ3v) is 3.49. The van der Waals surface area contributed by atoms with Crippen LogP contribution >= 0.6 is 0 Å². The monoisotopic (exact) mass is 265 g/mol. The van der Waals surface area contributed by atoms with E-state index in [2.05, 4.69) is 0 Å². The smallest absolute Gasteiger partial charge is 0.399 e. The van der Waals surface area contributed by atoms with Gasteiger partial charge in [0.05, 0.1) is 17.8 Å². The SMILES string of the molecule is CCOC1CC(N2C=C(N)C(C(F)(F)F)N2C)C1. The van der Waals surface area contributed by atoms with Gasteiger partial charge in [0.25, 0.3) is 0 Å². The molecular weight excluding hydrogens is 247 g/mol. The molecule has 1 aliphatic heterocycles. The lowest BCUT2D eigenvalue weighted by Gasteiger charge is -2.44. The van der Waals surface area contributed by atoms with E-state index >= 15 is 0 Å². The number of halogens is 3. The Balaban J connectivity index is 1.97. The lowest BCUT2D eigenvalue weighted by Crippen LogP contribution is -2.54. The van der Waals surface area contributed by atoms with E-state index in [0.717, 1.165) is 12.8 Å². The molecule has 0 saturated heterocycles. The minimum atomic E-state index is -4.34. The van der Waals surface area contributed by atoms with Gasteiger partial charge in [-0.05, 0) is 19.8 Å². The Morgan fingerprint density at radius 2 is 2.06 bits per heavy atom. The van der Waals surface area contributed by atoms with Gasteiger partial charge in [-0.15, -0.1) is 0 Å². The molecule has 1 unspecified atom stereocenters. The molecule has 7 heteroatoms. The van der Waals surface area contributed by atoms with Crippen LogP contribution in [0.25, 0.3) is 0 Å². The van der Waals surface area contributed by atoms with Gasteiger partial charge in [0.2, 0.25) is 0 Å². The molecule has 18 heavy (non-hydrogen) atoms. The highest BCUT2D eigenvalue weighted by Gasteiger charge is 2.51. The molecule has 4 nitrogen and oxygen atoms in total. The Morgan fingerprint density at radius 3 is 2.50 bits per heavy atom. The van der Waals surface area contributed by atoms with Gasteiger partial charge < -0.3 is 15.5 Å². The van der Waals surface area contributed by atoms with Gasteiger partial charge in [-0.3, -0.25) is 0 Å². The molecule has 1 saturated carbocycles. The molecule has 0 spiro atoms. The van der Waals surface area contributed by atoms with Crippen LogP contribution in [-0.2, 0) is 4.74 Å². The highest BCUT2D eigenvalue weighted by atomic mass is 19.4. The van der Waals surface area contributed by atoms with E-state index in [1.54, 1.807) is 5.01 Å². The molecule has 0 aromatic heterocycles. The number of hydrogen-bond donors (Lipinski definition) is 1. The van der Waals surface area contributed by atoms with Crippen molar-refractivity contribution >= 4 is 0 Å². The molecule has 2 aliphatic rings. The van der Waals surface area contributed by atoms with E-state index in [4.69, 9.17) is 10.5 Å². The number of alkyl halides is 3. The maximum absolute atomic E-state index is 12.8. The van der Waals surface area contributed by atoms with Crippen LogP contribution in [0, 0.1) is 0 Å². The number of likely N-dealkylation sites (N-methyl/N-ethyl adjacent to an activating group) is 1. The lowest BCUT2D eigenvalue weighted by atomic mass is 9.89. The third-order valence-electron chi connectivity index (χ3n) is 3.49. The number of rotatable bonds is 3. The van der Waals surface area contributed by atoms with Crippen molar-refractivity contribution < 1.29 is 17.9 Å². The van der Waals surface area contributed by atoms with E-state index in [1.165, 1.54) is 18.3 Å². The van der Waals surface area contributed by atoms with Gasteiger partial charge >= 0.3 is 6.18 Å². The van der Waals surface area contributed by atoms with E-state index < -0.39 is 12.2 Å². The average Bonchev–Trinajstić information content (AvgIpc) is 2.46. The highest BCUT2D eigenvalue weighted by Crippen LogP contribution is 2.37.